The topological polar surface area (TPSA) is 179 Å². The summed E-state index contributed by atoms with van der Waals surface area (Å²) in [5.41, 5.74) is 0. The summed E-state index contributed by atoms with van der Waals surface area (Å²) in [5, 5.41) is 69.6. The van der Waals surface area contributed by atoms with E-state index in [0.717, 1.165) is 25.7 Å². The summed E-state index contributed by atoms with van der Waals surface area (Å²) in [6, 6.07) is 0. The minimum atomic E-state index is -1.61. The van der Waals surface area contributed by atoms with Crippen molar-refractivity contribution >= 4 is 0 Å². The Morgan fingerprint density at radius 1 is 0.742 bits per heavy atom. The lowest BCUT2D eigenvalue weighted by Crippen LogP contribution is -2.61. The zero-order chi connectivity index (χ0) is 23.1. The van der Waals surface area contributed by atoms with Crippen LogP contribution in [0.4, 0.5) is 0 Å². The Morgan fingerprint density at radius 2 is 1.29 bits per heavy atom. The van der Waals surface area contributed by atoms with Gasteiger partial charge in [0.1, 0.15) is 48.8 Å². The van der Waals surface area contributed by atoms with Crippen LogP contribution in [0.15, 0.2) is 0 Å². The predicted octanol–water partition coefficient (Wildman–Crippen LogP) is -2.16. The van der Waals surface area contributed by atoms with E-state index in [1.54, 1.807) is 0 Å². The Balaban J connectivity index is 1.94. The molecule has 0 saturated carbocycles. The maximum absolute atomic E-state index is 10.2. The van der Waals surface area contributed by atoms with Gasteiger partial charge in [0.25, 0.3) is 0 Å². The molecule has 0 amide bonds. The normalized spacial score (nSPS) is 42.5. The van der Waals surface area contributed by atoms with Crippen LogP contribution in [0.3, 0.4) is 0 Å². The second kappa shape index (κ2) is 12.7. The van der Waals surface area contributed by atoms with E-state index in [0.29, 0.717) is 6.61 Å². The van der Waals surface area contributed by atoms with Gasteiger partial charge in [0.2, 0.25) is 0 Å². The van der Waals surface area contributed by atoms with Crippen LogP contribution < -0.4 is 0 Å². The van der Waals surface area contributed by atoms with E-state index in [4.69, 9.17) is 18.9 Å². The Hall–Kier alpha value is -0.440. The minimum Gasteiger partial charge on any atom is -0.394 e. The van der Waals surface area contributed by atoms with E-state index in [1.807, 2.05) is 6.92 Å². The summed E-state index contributed by atoms with van der Waals surface area (Å²) in [6.07, 6.45) is -10.1. The number of hydrogen-bond acceptors (Lipinski definition) is 11. The molecule has 184 valence electrons. The van der Waals surface area contributed by atoms with Crippen LogP contribution in [0.25, 0.3) is 0 Å². The molecule has 11 nitrogen and oxygen atoms in total. The van der Waals surface area contributed by atoms with Gasteiger partial charge in [-0.1, -0.05) is 33.1 Å². The molecular weight excluding hydrogens is 416 g/mol. The zero-order valence-corrected chi connectivity index (χ0v) is 18.1. The minimum absolute atomic E-state index is 0.267. The van der Waals surface area contributed by atoms with Crippen molar-refractivity contribution < 1.29 is 54.7 Å². The van der Waals surface area contributed by atoms with Crippen molar-refractivity contribution in [3.8, 4) is 0 Å². The highest BCUT2D eigenvalue weighted by Gasteiger charge is 2.47. The number of hydrogen-bond donors (Lipinski definition) is 7. The highest BCUT2D eigenvalue weighted by Crippen LogP contribution is 2.26. The number of aliphatic hydroxyl groups is 7. The van der Waals surface area contributed by atoms with Gasteiger partial charge < -0.3 is 54.7 Å². The summed E-state index contributed by atoms with van der Waals surface area (Å²) in [5.74, 6) is 0.267. The van der Waals surface area contributed by atoms with Crippen molar-refractivity contribution in [3.63, 3.8) is 0 Å². The van der Waals surface area contributed by atoms with Gasteiger partial charge in [-0.3, -0.25) is 0 Å². The SMILES string of the molecule is CCCCC(CC)CO[C@H]1O[C@H](CO[C@H]2O[C@H](CO)[C@@H](O)[C@H](O)[C@H]2O)[C@@H](O)[C@H](O)[C@H]1O. The first-order valence-corrected chi connectivity index (χ1v) is 11.0. The number of rotatable bonds is 11. The smallest absolute Gasteiger partial charge is 0.186 e. The molecule has 0 bridgehead atoms. The third-order valence-corrected chi connectivity index (χ3v) is 5.98. The largest absolute Gasteiger partial charge is 0.394 e. The molecule has 2 aliphatic heterocycles. The van der Waals surface area contributed by atoms with E-state index < -0.39 is 68.0 Å². The number of unbranched alkanes of at least 4 members (excludes halogenated alkanes) is 1. The summed E-state index contributed by atoms with van der Waals surface area (Å²) in [7, 11) is 0. The van der Waals surface area contributed by atoms with E-state index in [1.165, 1.54) is 0 Å². The molecule has 31 heavy (non-hydrogen) atoms. The van der Waals surface area contributed by atoms with Crippen molar-refractivity contribution in [3.05, 3.63) is 0 Å². The third-order valence-electron chi connectivity index (χ3n) is 5.98. The fourth-order valence-electron chi connectivity index (χ4n) is 3.72. The molecule has 2 saturated heterocycles. The summed E-state index contributed by atoms with van der Waals surface area (Å²) >= 11 is 0. The van der Waals surface area contributed by atoms with Gasteiger partial charge in [-0.25, -0.2) is 0 Å². The molecule has 2 aliphatic rings. The van der Waals surface area contributed by atoms with E-state index >= 15 is 0 Å². The average Bonchev–Trinajstić information content (AvgIpc) is 2.77. The Labute approximate surface area is 182 Å². The van der Waals surface area contributed by atoms with Gasteiger partial charge in [0.05, 0.1) is 19.8 Å². The molecule has 0 aromatic carbocycles. The second-order valence-corrected chi connectivity index (χ2v) is 8.30. The number of ether oxygens (including phenoxy) is 4. The van der Waals surface area contributed by atoms with Gasteiger partial charge in [0, 0.05) is 0 Å². The average molecular weight is 455 g/mol. The molecule has 11 atom stereocenters. The van der Waals surface area contributed by atoms with Crippen molar-refractivity contribution in [2.45, 2.75) is 101 Å². The highest BCUT2D eigenvalue weighted by atomic mass is 16.7. The molecule has 2 heterocycles. The lowest BCUT2D eigenvalue weighted by atomic mass is 9.98. The van der Waals surface area contributed by atoms with Crippen LogP contribution in [0.1, 0.15) is 39.5 Å². The molecule has 0 aliphatic carbocycles. The van der Waals surface area contributed by atoms with Crippen molar-refractivity contribution in [2.24, 2.45) is 5.92 Å². The third kappa shape index (κ3) is 6.78. The fraction of sp³-hybridized carbons (Fsp3) is 1.00. The van der Waals surface area contributed by atoms with Crippen molar-refractivity contribution in [1.82, 2.24) is 0 Å². The van der Waals surface area contributed by atoms with Crippen molar-refractivity contribution in [2.75, 3.05) is 19.8 Å². The molecule has 11 heteroatoms. The maximum Gasteiger partial charge on any atom is 0.186 e. The molecule has 0 radical (unpaired) electrons. The molecule has 7 N–H and O–H groups in total. The van der Waals surface area contributed by atoms with Gasteiger partial charge in [-0.15, -0.1) is 0 Å². The maximum atomic E-state index is 10.2. The zero-order valence-electron chi connectivity index (χ0n) is 18.1. The van der Waals surface area contributed by atoms with Crippen LogP contribution in [0.2, 0.25) is 0 Å². The summed E-state index contributed by atoms with van der Waals surface area (Å²) in [4.78, 5) is 0. The monoisotopic (exact) mass is 454 g/mol. The number of aliphatic hydroxyl groups excluding tert-OH is 7. The standard InChI is InChI=1S/C20H38O11/c1-3-5-6-10(4-2)8-28-19-18(27)16(25)14(23)12(31-19)9-29-20-17(26)15(24)13(22)11(7-21)30-20/h10-27H,3-9H2,1-2H3/t10?,11-,12-,13-,14-,15+,16+,17-,18-,19+,20+/m1/s1. The van der Waals surface area contributed by atoms with Crippen molar-refractivity contribution in [1.29, 1.82) is 0 Å². The molecule has 0 aromatic rings. The van der Waals surface area contributed by atoms with Gasteiger partial charge in [-0.05, 0) is 12.3 Å². The molecule has 2 fully saturated rings. The predicted molar refractivity (Wildman–Crippen MR) is 106 cm³/mol. The first kappa shape index (κ1) is 26.8. The molecule has 0 spiro atoms. The van der Waals surface area contributed by atoms with E-state index in [-0.39, 0.29) is 12.5 Å². The molecular formula is C20H38O11. The van der Waals surface area contributed by atoms with Crippen LogP contribution >= 0.6 is 0 Å². The van der Waals surface area contributed by atoms with Crippen LogP contribution in [-0.2, 0) is 18.9 Å². The Bertz CT molecular complexity index is 508. The quantitative estimate of drug-likeness (QED) is 0.181. The van der Waals surface area contributed by atoms with Crippen LogP contribution in [0, 0.1) is 5.92 Å². The molecule has 1 unspecified atom stereocenters. The Kier molecular flexibility index (Phi) is 11.0. The lowest BCUT2D eigenvalue weighted by molar-refractivity contribution is -0.332. The van der Waals surface area contributed by atoms with Gasteiger partial charge in [-0.2, -0.15) is 0 Å². The van der Waals surface area contributed by atoms with Gasteiger partial charge >= 0.3 is 0 Å². The summed E-state index contributed by atoms with van der Waals surface area (Å²) in [6.45, 7) is 3.48. The van der Waals surface area contributed by atoms with E-state index in [2.05, 4.69) is 6.92 Å². The first-order chi connectivity index (χ1) is 14.7. The first-order valence-electron chi connectivity index (χ1n) is 11.0. The fourth-order valence-corrected chi connectivity index (χ4v) is 3.72. The second-order valence-electron chi connectivity index (χ2n) is 8.30. The van der Waals surface area contributed by atoms with Crippen LogP contribution in [-0.4, -0.2) is 117 Å². The van der Waals surface area contributed by atoms with E-state index in [9.17, 15) is 35.7 Å². The van der Waals surface area contributed by atoms with Crippen LogP contribution in [0.5, 0.6) is 0 Å². The van der Waals surface area contributed by atoms with Gasteiger partial charge in [0.15, 0.2) is 12.6 Å². The summed E-state index contributed by atoms with van der Waals surface area (Å²) < 4.78 is 21.9. The Morgan fingerprint density at radius 3 is 1.84 bits per heavy atom. The highest BCUT2D eigenvalue weighted by molar-refractivity contribution is 4.91. The molecule has 0 aromatic heterocycles. The molecule has 2 rings (SSSR count). The lowest BCUT2D eigenvalue weighted by Gasteiger charge is -2.42.